The number of nitrogens with zero attached hydrogens (tertiary/aromatic N) is 4. The minimum absolute atomic E-state index is 0. The van der Waals surface area contributed by atoms with Gasteiger partial charge in [0, 0.05) is 31.3 Å². The van der Waals surface area contributed by atoms with Crippen LogP contribution in [0.25, 0.3) is 16.6 Å². The van der Waals surface area contributed by atoms with Crippen molar-refractivity contribution in [2.24, 2.45) is 0 Å². The van der Waals surface area contributed by atoms with E-state index in [0.717, 1.165) is 44.0 Å². The van der Waals surface area contributed by atoms with E-state index in [1.54, 1.807) is 23.4 Å². The molecular weight excluding hydrogens is 496 g/mol. The molecule has 192 valence electrons. The van der Waals surface area contributed by atoms with Gasteiger partial charge in [0.1, 0.15) is 5.75 Å². The van der Waals surface area contributed by atoms with E-state index in [4.69, 9.17) is 9.72 Å². The zero-order valence-electron chi connectivity index (χ0n) is 20.6. The molecule has 3 heterocycles. The van der Waals surface area contributed by atoms with E-state index in [1.807, 2.05) is 53.4 Å². The average Bonchev–Trinajstić information content (AvgIpc) is 3.29. The van der Waals surface area contributed by atoms with Gasteiger partial charge < -0.3 is 14.5 Å². The zero-order chi connectivity index (χ0) is 24.2. The Kier molecular flexibility index (Phi) is 8.93. The van der Waals surface area contributed by atoms with Crippen LogP contribution in [0.4, 0.5) is 0 Å². The number of likely N-dealkylation sites (tertiary alicyclic amines) is 2. The number of fused-ring (bicyclic) bond motifs is 1. The second-order valence-electron chi connectivity index (χ2n) is 9.29. The van der Waals surface area contributed by atoms with Crippen molar-refractivity contribution in [3.8, 4) is 11.4 Å². The number of hydrogen-bond donors (Lipinski definition) is 0. The summed E-state index contributed by atoms with van der Waals surface area (Å²) in [6, 6.07) is 15.0. The van der Waals surface area contributed by atoms with Crippen LogP contribution >= 0.6 is 24.2 Å². The number of para-hydroxylation sites is 1. The molecule has 36 heavy (non-hydrogen) atoms. The van der Waals surface area contributed by atoms with Gasteiger partial charge in [0.2, 0.25) is 5.91 Å². The van der Waals surface area contributed by atoms with E-state index in [9.17, 15) is 9.59 Å². The number of ether oxygens (including phenoxy) is 1. The highest BCUT2D eigenvalue weighted by atomic mass is 35.5. The van der Waals surface area contributed by atoms with Crippen molar-refractivity contribution in [2.75, 3.05) is 39.8 Å². The summed E-state index contributed by atoms with van der Waals surface area (Å²) in [6.07, 6.45) is 5.26. The SMILES string of the molecule is COc1ccc(-n2c(SC(CN3CCCCC3)CN3CCCC3=O)nc3ccccc3c2=O)cc1.Cl. The van der Waals surface area contributed by atoms with Crippen LogP contribution in [0.5, 0.6) is 5.75 Å². The molecule has 2 saturated heterocycles. The van der Waals surface area contributed by atoms with Crippen molar-refractivity contribution in [1.29, 1.82) is 0 Å². The van der Waals surface area contributed by atoms with Gasteiger partial charge in [0.05, 0.1) is 23.7 Å². The predicted molar refractivity (Wildman–Crippen MR) is 147 cm³/mol. The second-order valence-corrected chi connectivity index (χ2v) is 10.6. The topological polar surface area (TPSA) is 67.7 Å². The van der Waals surface area contributed by atoms with Crippen molar-refractivity contribution in [3.05, 3.63) is 58.9 Å². The summed E-state index contributed by atoms with van der Waals surface area (Å²) in [7, 11) is 1.63. The molecule has 3 aromatic rings. The minimum Gasteiger partial charge on any atom is -0.497 e. The lowest BCUT2D eigenvalue weighted by atomic mass is 10.1. The number of rotatable bonds is 8. The first-order valence-electron chi connectivity index (χ1n) is 12.5. The van der Waals surface area contributed by atoms with Crippen molar-refractivity contribution in [1.82, 2.24) is 19.4 Å². The molecule has 1 amide bonds. The largest absolute Gasteiger partial charge is 0.497 e. The van der Waals surface area contributed by atoms with Crippen molar-refractivity contribution in [2.45, 2.75) is 42.5 Å². The molecule has 2 aliphatic rings. The molecule has 2 aliphatic heterocycles. The summed E-state index contributed by atoms with van der Waals surface area (Å²) in [5.41, 5.74) is 1.36. The first-order valence-corrected chi connectivity index (χ1v) is 13.3. The Morgan fingerprint density at radius 1 is 0.944 bits per heavy atom. The third kappa shape index (κ3) is 5.88. The molecule has 1 atom stereocenters. The van der Waals surface area contributed by atoms with Gasteiger partial charge in [-0.15, -0.1) is 12.4 Å². The fraction of sp³-hybridized carbons (Fsp3) is 0.444. The van der Waals surface area contributed by atoms with Gasteiger partial charge in [-0.1, -0.05) is 30.3 Å². The third-order valence-corrected chi connectivity index (χ3v) is 7.97. The normalized spacial score (nSPS) is 17.2. The van der Waals surface area contributed by atoms with E-state index < -0.39 is 0 Å². The van der Waals surface area contributed by atoms with Crippen LogP contribution < -0.4 is 10.3 Å². The van der Waals surface area contributed by atoms with Crippen molar-refractivity contribution in [3.63, 3.8) is 0 Å². The Balaban J connectivity index is 0.00000304. The highest BCUT2D eigenvalue weighted by Gasteiger charge is 2.27. The molecular formula is C27H33ClN4O3S. The number of carbonyl (C=O) groups excluding carboxylic acids is 1. The molecule has 0 aliphatic carbocycles. The second kappa shape index (κ2) is 12.1. The van der Waals surface area contributed by atoms with E-state index in [2.05, 4.69) is 4.90 Å². The van der Waals surface area contributed by atoms with Gasteiger partial charge in [0.15, 0.2) is 5.16 Å². The highest BCUT2D eigenvalue weighted by Crippen LogP contribution is 2.29. The summed E-state index contributed by atoms with van der Waals surface area (Å²) < 4.78 is 7.03. The third-order valence-electron chi connectivity index (χ3n) is 6.85. The van der Waals surface area contributed by atoms with E-state index in [1.165, 1.54) is 19.3 Å². The highest BCUT2D eigenvalue weighted by molar-refractivity contribution is 7.99. The molecule has 1 unspecified atom stereocenters. The predicted octanol–water partition coefficient (Wildman–Crippen LogP) is 4.39. The standard InChI is InChI=1S/C27H32N4O3S.ClH/c1-34-21-13-11-20(12-14-21)31-26(33)23-8-3-4-9-24(23)28-27(31)35-22(18-29-15-5-2-6-16-29)19-30-17-7-10-25(30)32;/h3-4,8-9,11-14,22H,2,5-7,10,15-19H2,1H3;1H. The first kappa shape index (κ1) is 26.5. The number of amides is 1. The number of methoxy groups -OCH3 is 1. The molecule has 2 aromatic carbocycles. The van der Waals surface area contributed by atoms with Crippen LogP contribution in [0.3, 0.4) is 0 Å². The van der Waals surface area contributed by atoms with Crippen LogP contribution in [-0.2, 0) is 4.79 Å². The van der Waals surface area contributed by atoms with Gasteiger partial charge in [-0.05, 0) is 68.8 Å². The average molecular weight is 529 g/mol. The Bertz CT molecular complexity index is 1240. The van der Waals surface area contributed by atoms with Crippen LogP contribution in [0.15, 0.2) is 58.5 Å². The molecule has 9 heteroatoms. The summed E-state index contributed by atoms with van der Waals surface area (Å²) in [4.78, 5) is 35.6. The van der Waals surface area contributed by atoms with Gasteiger partial charge in [-0.3, -0.25) is 14.2 Å². The van der Waals surface area contributed by atoms with E-state index in [0.29, 0.717) is 29.0 Å². The lowest BCUT2D eigenvalue weighted by molar-refractivity contribution is -0.127. The molecule has 0 N–H and O–H groups in total. The Morgan fingerprint density at radius 3 is 2.39 bits per heavy atom. The molecule has 7 nitrogen and oxygen atoms in total. The fourth-order valence-electron chi connectivity index (χ4n) is 5.00. The summed E-state index contributed by atoms with van der Waals surface area (Å²) >= 11 is 1.62. The lowest BCUT2D eigenvalue weighted by Crippen LogP contribution is -2.41. The number of piperidine rings is 1. The quantitative estimate of drug-likeness (QED) is 0.319. The number of thioether (sulfide) groups is 1. The zero-order valence-corrected chi connectivity index (χ0v) is 22.2. The van der Waals surface area contributed by atoms with Crippen LogP contribution in [0, 0.1) is 0 Å². The number of hydrogen-bond acceptors (Lipinski definition) is 6. The van der Waals surface area contributed by atoms with Crippen molar-refractivity contribution >= 4 is 41.0 Å². The number of halogens is 1. The van der Waals surface area contributed by atoms with Gasteiger partial charge in [-0.25, -0.2) is 4.98 Å². The summed E-state index contributed by atoms with van der Waals surface area (Å²) in [5, 5.41) is 1.37. The van der Waals surface area contributed by atoms with Gasteiger partial charge >= 0.3 is 0 Å². The molecule has 1 aromatic heterocycles. The van der Waals surface area contributed by atoms with Crippen LogP contribution in [0.2, 0.25) is 0 Å². The monoisotopic (exact) mass is 528 g/mol. The maximum absolute atomic E-state index is 13.7. The summed E-state index contributed by atoms with van der Waals surface area (Å²) in [6.45, 7) is 4.53. The lowest BCUT2D eigenvalue weighted by Gasteiger charge is -2.32. The van der Waals surface area contributed by atoms with E-state index >= 15 is 0 Å². The Hall–Kier alpha value is -2.55. The molecule has 0 bridgehead atoms. The maximum atomic E-state index is 13.7. The van der Waals surface area contributed by atoms with Gasteiger partial charge in [-0.2, -0.15) is 0 Å². The minimum atomic E-state index is -0.0859. The Labute approximate surface area is 222 Å². The van der Waals surface area contributed by atoms with Crippen LogP contribution in [-0.4, -0.2) is 70.3 Å². The smallest absolute Gasteiger partial charge is 0.266 e. The molecule has 0 radical (unpaired) electrons. The number of aromatic nitrogens is 2. The van der Waals surface area contributed by atoms with E-state index in [-0.39, 0.29) is 29.1 Å². The Morgan fingerprint density at radius 2 is 1.69 bits per heavy atom. The number of carbonyl (C=O) groups is 1. The number of benzene rings is 2. The van der Waals surface area contributed by atoms with Crippen molar-refractivity contribution < 1.29 is 9.53 Å². The molecule has 0 saturated carbocycles. The summed E-state index contributed by atoms with van der Waals surface area (Å²) in [5.74, 6) is 0.966. The first-order chi connectivity index (χ1) is 17.1. The molecule has 5 rings (SSSR count). The molecule has 2 fully saturated rings. The van der Waals surface area contributed by atoms with Crippen LogP contribution in [0.1, 0.15) is 32.1 Å². The fourth-order valence-corrected chi connectivity index (χ4v) is 6.29. The van der Waals surface area contributed by atoms with Gasteiger partial charge in [0.25, 0.3) is 5.56 Å². The molecule has 0 spiro atoms. The maximum Gasteiger partial charge on any atom is 0.266 e.